The molecule has 1 aliphatic heterocycles. The van der Waals surface area contributed by atoms with Gasteiger partial charge in [-0.15, -0.1) is 0 Å². The lowest BCUT2D eigenvalue weighted by atomic mass is 10.2. The van der Waals surface area contributed by atoms with Crippen molar-refractivity contribution in [3.8, 4) is 11.5 Å². The van der Waals surface area contributed by atoms with Crippen molar-refractivity contribution >= 4 is 23.4 Å². The first-order valence-electron chi connectivity index (χ1n) is 10.4. The molecule has 0 unspecified atom stereocenters. The van der Waals surface area contributed by atoms with Crippen molar-refractivity contribution in [1.29, 1.82) is 0 Å². The highest BCUT2D eigenvalue weighted by Gasteiger charge is 2.27. The number of para-hydroxylation sites is 2. The number of unbranched alkanes of at least 4 members (excludes halogenated alkanes) is 3. The fraction of sp³-hybridized carbons (Fsp3) is 0.348. The van der Waals surface area contributed by atoms with E-state index in [1.165, 1.54) is 17.7 Å². The van der Waals surface area contributed by atoms with Crippen molar-refractivity contribution in [1.82, 2.24) is 10.9 Å². The van der Waals surface area contributed by atoms with E-state index in [1.54, 1.807) is 48.5 Å². The fourth-order valence-corrected chi connectivity index (χ4v) is 3.13. The van der Waals surface area contributed by atoms with Crippen LogP contribution in [0, 0.1) is 0 Å². The minimum atomic E-state index is -0.523. The predicted octanol–water partition coefficient (Wildman–Crippen LogP) is 2.83. The molecule has 31 heavy (non-hydrogen) atoms. The number of nitrogens with one attached hydrogen (secondary N) is 2. The summed E-state index contributed by atoms with van der Waals surface area (Å²) >= 11 is 0. The van der Waals surface area contributed by atoms with Crippen LogP contribution in [0.25, 0.3) is 0 Å². The molecule has 1 aliphatic rings. The maximum absolute atomic E-state index is 12.3. The molecular formula is C23H27N3O5. The number of amides is 3. The van der Waals surface area contributed by atoms with Crippen molar-refractivity contribution in [2.75, 3.05) is 24.7 Å². The number of hydrogen-bond donors (Lipinski definition) is 2. The quantitative estimate of drug-likeness (QED) is 0.476. The first kappa shape index (κ1) is 22.1. The Morgan fingerprint density at radius 1 is 1.03 bits per heavy atom. The summed E-state index contributed by atoms with van der Waals surface area (Å²) in [7, 11) is 0. The summed E-state index contributed by atoms with van der Waals surface area (Å²) in [5.41, 5.74) is 5.61. The molecule has 0 bridgehead atoms. The van der Waals surface area contributed by atoms with Crippen molar-refractivity contribution in [3.05, 3.63) is 54.1 Å². The lowest BCUT2D eigenvalue weighted by molar-refractivity contribution is -0.125. The van der Waals surface area contributed by atoms with Gasteiger partial charge in [-0.05, 0) is 42.8 Å². The zero-order valence-corrected chi connectivity index (χ0v) is 17.6. The van der Waals surface area contributed by atoms with Gasteiger partial charge in [0, 0.05) is 5.56 Å². The fourth-order valence-electron chi connectivity index (χ4n) is 3.13. The summed E-state index contributed by atoms with van der Waals surface area (Å²) in [5, 5.41) is 0. The van der Waals surface area contributed by atoms with Crippen LogP contribution < -0.4 is 25.2 Å². The second-order valence-electron chi connectivity index (χ2n) is 7.17. The molecule has 0 aliphatic carbocycles. The van der Waals surface area contributed by atoms with Crippen LogP contribution in [0.2, 0.25) is 0 Å². The number of carbonyl (C=O) groups excluding carboxylic acids is 3. The van der Waals surface area contributed by atoms with Gasteiger partial charge in [-0.1, -0.05) is 38.3 Å². The molecule has 3 rings (SSSR count). The van der Waals surface area contributed by atoms with Gasteiger partial charge in [-0.2, -0.15) is 0 Å². The summed E-state index contributed by atoms with van der Waals surface area (Å²) in [6, 6.07) is 13.7. The molecule has 164 valence electrons. The number of nitrogens with zero attached hydrogens (tertiary/aromatic N) is 1. The van der Waals surface area contributed by atoms with Gasteiger partial charge in [-0.3, -0.25) is 30.1 Å². The van der Waals surface area contributed by atoms with Crippen LogP contribution in [0.15, 0.2) is 48.5 Å². The van der Waals surface area contributed by atoms with Crippen LogP contribution in [0.1, 0.15) is 43.0 Å². The Labute approximate surface area is 181 Å². The topological polar surface area (TPSA) is 97.0 Å². The van der Waals surface area contributed by atoms with E-state index >= 15 is 0 Å². The Balaban J connectivity index is 1.46. The molecule has 0 radical (unpaired) electrons. The number of hydrogen-bond acceptors (Lipinski definition) is 5. The third-order valence-electron chi connectivity index (χ3n) is 4.81. The molecule has 0 atom stereocenters. The SMILES string of the molecule is CCCCCCOc1ccc(C(=O)NNC(=O)CN2C(=O)COc3ccccc32)cc1. The van der Waals surface area contributed by atoms with E-state index in [0.29, 0.717) is 29.4 Å². The standard InChI is InChI=1S/C23H27N3O5/c1-2-3-4-7-14-30-18-12-10-17(11-13-18)23(29)25-24-21(27)15-26-19-8-5-6-9-20(19)31-16-22(26)28/h5-6,8-13H,2-4,7,14-16H2,1H3,(H,24,27)(H,25,29). The highest BCUT2D eigenvalue weighted by Crippen LogP contribution is 2.31. The van der Waals surface area contributed by atoms with Crippen LogP contribution in [-0.2, 0) is 9.59 Å². The Bertz CT molecular complexity index is 914. The first-order chi connectivity index (χ1) is 15.1. The van der Waals surface area contributed by atoms with E-state index in [9.17, 15) is 14.4 Å². The molecule has 0 spiro atoms. The van der Waals surface area contributed by atoms with Crippen LogP contribution in [0.5, 0.6) is 11.5 Å². The molecule has 0 saturated heterocycles. The van der Waals surface area contributed by atoms with Crippen LogP contribution in [0.3, 0.4) is 0 Å². The van der Waals surface area contributed by atoms with Crippen LogP contribution in [-0.4, -0.2) is 37.5 Å². The number of fused-ring (bicyclic) bond motifs is 1. The van der Waals surface area contributed by atoms with Gasteiger partial charge < -0.3 is 9.47 Å². The predicted molar refractivity (Wildman–Crippen MR) is 116 cm³/mol. The molecule has 3 amide bonds. The van der Waals surface area contributed by atoms with Crippen LogP contribution >= 0.6 is 0 Å². The van der Waals surface area contributed by atoms with Crippen molar-refractivity contribution in [3.63, 3.8) is 0 Å². The van der Waals surface area contributed by atoms with Crippen molar-refractivity contribution in [2.45, 2.75) is 32.6 Å². The van der Waals surface area contributed by atoms with Gasteiger partial charge in [0.15, 0.2) is 6.61 Å². The number of carbonyl (C=O) groups is 3. The van der Waals surface area contributed by atoms with Gasteiger partial charge in [0.25, 0.3) is 17.7 Å². The zero-order valence-electron chi connectivity index (χ0n) is 17.6. The van der Waals surface area contributed by atoms with Gasteiger partial charge in [0.05, 0.1) is 12.3 Å². The molecule has 0 fully saturated rings. The molecule has 1 heterocycles. The molecule has 8 heteroatoms. The average Bonchev–Trinajstić information content (AvgIpc) is 2.79. The lowest BCUT2D eigenvalue weighted by Crippen LogP contribution is -2.49. The van der Waals surface area contributed by atoms with Crippen molar-refractivity contribution in [2.24, 2.45) is 0 Å². The molecule has 2 N–H and O–H groups in total. The highest BCUT2D eigenvalue weighted by molar-refractivity contribution is 6.02. The third kappa shape index (κ3) is 6.21. The summed E-state index contributed by atoms with van der Waals surface area (Å²) in [4.78, 5) is 38.0. The molecule has 2 aromatic carbocycles. The van der Waals surface area contributed by atoms with E-state index in [-0.39, 0.29) is 19.1 Å². The number of benzene rings is 2. The maximum Gasteiger partial charge on any atom is 0.269 e. The Kier molecular flexibility index (Phi) is 7.86. The summed E-state index contributed by atoms with van der Waals surface area (Å²) < 4.78 is 11.0. The van der Waals surface area contributed by atoms with Gasteiger partial charge >= 0.3 is 0 Å². The first-order valence-corrected chi connectivity index (χ1v) is 10.4. The Morgan fingerprint density at radius 3 is 2.58 bits per heavy atom. The number of rotatable bonds is 9. The van der Waals surface area contributed by atoms with Gasteiger partial charge in [0.2, 0.25) is 0 Å². The van der Waals surface area contributed by atoms with E-state index in [4.69, 9.17) is 9.47 Å². The maximum atomic E-state index is 12.3. The number of ether oxygens (including phenoxy) is 2. The number of anilines is 1. The largest absolute Gasteiger partial charge is 0.494 e. The number of hydrazine groups is 1. The summed E-state index contributed by atoms with van der Waals surface area (Å²) in [6.45, 7) is 2.44. The monoisotopic (exact) mass is 425 g/mol. The lowest BCUT2D eigenvalue weighted by Gasteiger charge is -2.28. The van der Waals surface area contributed by atoms with E-state index in [1.807, 2.05) is 0 Å². The van der Waals surface area contributed by atoms with Crippen molar-refractivity contribution < 1.29 is 23.9 Å². The molecule has 8 nitrogen and oxygen atoms in total. The minimum Gasteiger partial charge on any atom is -0.494 e. The molecule has 0 saturated carbocycles. The van der Waals surface area contributed by atoms with E-state index < -0.39 is 11.8 Å². The Hall–Kier alpha value is -3.55. The van der Waals surface area contributed by atoms with E-state index in [0.717, 1.165) is 12.8 Å². The average molecular weight is 425 g/mol. The third-order valence-corrected chi connectivity index (χ3v) is 4.81. The Morgan fingerprint density at radius 2 is 1.81 bits per heavy atom. The summed E-state index contributed by atoms with van der Waals surface area (Å²) in [5.74, 6) is -0.0827. The van der Waals surface area contributed by atoms with Gasteiger partial charge in [-0.25, -0.2) is 0 Å². The second-order valence-corrected chi connectivity index (χ2v) is 7.17. The molecule has 0 aromatic heterocycles. The smallest absolute Gasteiger partial charge is 0.269 e. The van der Waals surface area contributed by atoms with Crippen LogP contribution in [0.4, 0.5) is 5.69 Å². The normalized spacial score (nSPS) is 12.5. The summed E-state index contributed by atoms with van der Waals surface area (Å²) in [6.07, 6.45) is 4.51. The zero-order chi connectivity index (χ0) is 22.1. The second kappa shape index (κ2) is 11.0. The molecular weight excluding hydrogens is 398 g/mol. The highest BCUT2D eigenvalue weighted by atomic mass is 16.5. The van der Waals surface area contributed by atoms with Gasteiger partial charge in [0.1, 0.15) is 18.0 Å². The minimum absolute atomic E-state index is 0.135. The van der Waals surface area contributed by atoms with E-state index in [2.05, 4.69) is 17.8 Å². The molecule has 2 aromatic rings.